The van der Waals surface area contributed by atoms with Crippen LogP contribution in [0.5, 0.6) is 0 Å². The Bertz CT molecular complexity index is 980. The van der Waals surface area contributed by atoms with Gasteiger partial charge in [-0.3, -0.25) is 14.5 Å². The Balaban J connectivity index is 1.45. The van der Waals surface area contributed by atoms with E-state index in [0.29, 0.717) is 37.8 Å². The van der Waals surface area contributed by atoms with Gasteiger partial charge in [-0.15, -0.1) is 0 Å². The maximum absolute atomic E-state index is 12.7. The summed E-state index contributed by atoms with van der Waals surface area (Å²) in [5.41, 5.74) is 1.49. The number of amides is 2. The Morgan fingerprint density at radius 1 is 1.07 bits per heavy atom. The number of hydrogen-bond acceptors (Lipinski definition) is 4. The van der Waals surface area contributed by atoms with E-state index in [1.807, 2.05) is 30.3 Å². The van der Waals surface area contributed by atoms with Crippen molar-refractivity contribution in [1.29, 1.82) is 0 Å². The van der Waals surface area contributed by atoms with E-state index in [1.54, 1.807) is 29.2 Å². The number of unbranched alkanes of at least 4 members (excludes halogenated alkanes) is 2. The van der Waals surface area contributed by atoms with Crippen LogP contribution in [0.15, 0.2) is 53.4 Å². The minimum Gasteiger partial charge on any atom is -0.326 e. The van der Waals surface area contributed by atoms with Crippen LogP contribution in [0, 0.1) is 0 Å². The highest BCUT2D eigenvalue weighted by atomic mass is 35.5. The molecule has 0 atom stereocenters. The average molecular weight is 479 g/mol. The second-order valence-electron chi connectivity index (χ2n) is 6.70. The zero-order chi connectivity index (χ0) is 21.5. The lowest BCUT2D eigenvalue weighted by molar-refractivity contribution is -0.122. The van der Waals surface area contributed by atoms with E-state index in [0.717, 1.165) is 24.9 Å². The molecule has 30 heavy (non-hydrogen) atoms. The average Bonchev–Trinajstić information content (AvgIpc) is 2.99. The van der Waals surface area contributed by atoms with Crippen molar-refractivity contribution in [2.45, 2.75) is 25.7 Å². The van der Waals surface area contributed by atoms with Gasteiger partial charge in [-0.1, -0.05) is 83.9 Å². The molecule has 1 fully saturated rings. The first-order chi connectivity index (χ1) is 14.5. The van der Waals surface area contributed by atoms with E-state index in [1.165, 1.54) is 11.8 Å². The predicted molar refractivity (Wildman–Crippen MR) is 130 cm³/mol. The first-order valence-electron chi connectivity index (χ1n) is 9.50. The fourth-order valence-corrected chi connectivity index (χ4v) is 4.61. The summed E-state index contributed by atoms with van der Waals surface area (Å²) in [6.07, 6.45) is 4.53. The largest absolute Gasteiger partial charge is 0.326 e. The maximum Gasteiger partial charge on any atom is 0.266 e. The van der Waals surface area contributed by atoms with Gasteiger partial charge < -0.3 is 5.32 Å². The number of hydrogen-bond donors (Lipinski definition) is 1. The standard InChI is InChI=1S/C22H20Cl2N2O2S2/c23-17-11-7-8-15(20(17)24)14-18-21(28)26(22(29)30-18)13-6-2-5-12-19(27)25-16-9-3-1-4-10-16/h1,3-4,7-11,14H,2,5-6,12-13H2,(H,25,27)/b18-14-. The molecule has 0 saturated carbocycles. The van der Waals surface area contributed by atoms with Crippen molar-refractivity contribution >= 4 is 75.1 Å². The number of benzene rings is 2. The van der Waals surface area contributed by atoms with Gasteiger partial charge in [0.2, 0.25) is 5.91 Å². The van der Waals surface area contributed by atoms with Gasteiger partial charge in [-0.2, -0.15) is 0 Å². The Kier molecular flexibility index (Phi) is 8.33. The molecule has 4 nitrogen and oxygen atoms in total. The summed E-state index contributed by atoms with van der Waals surface area (Å²) >= 11 is 18.9. The molecule has 1 heterocycles. The van der Waals surface area contributed by atoms with Crippen LogP contribution in [0.3, 0.4) is 0 Å². The number of halogens is 2. The molecule has 0 bridgehead atoms. The van der Waals surface area contributed by atoms with E-state index in [4.69, 9.17) is 35.4 Å². The number of anilines is 1. The van der Waals surface area contributed by atoms with Crippen molar-refractivity contribution in [3.05, 3.63) is 69.0 Å². The Hall–Kier alpha value is -1.86. The molecular weight excluding hydrogens is 459 g/mol. The lowest BCUT2D eigenvalue weighted by Crippen LogP contribution is -2.29. The lowest BCUT2D eigenvalue weighted by atomic mass is 10.1. The van der Waals surface area contributed by atoms with Crippen LogP contribution in [0.2, 0.25) is 10.0 Å². The van der Waals surface area contributed by atoms with Gasteiger partial charge in [0.25, 0.3) is 5.91 Å². The van der Waals surface area contributed by atoms with Crippen molar-refractivity contribution in [2.75, 3.05) is 11.9 Å². The van der Waals surface area contributed by atoms with E-state index >= 15 is 0 Å². The molecule has 8 heteroatoms. The van der Waals surface area contributed by atoms with E-state index < -0.39 is 0 Å². The number of nitrogens with zero attached hydrogens (tertiary/aromatic N) is 1. The normalized spacial score (nSPS) is 15.1. The summed E-state index contributed by atoms with van der Waals surface area (Å²) in [5.74, 6) is -0.129. The highest BCUT2D eigenvalue weighted by Gasteiger charge is 2.31. The van der Waals surface area contributed by atoms with Crippen molar-refractivity contribution in [3.63, 3.8) is 0 Å². The van der Waals surface area contributed by atoms with E-state index in [9.17, 15) is 9.59 Å². The Morgan fingerprint density at radius 2 is 1.83 bits per heavy atom. The van der Waals surface area contributed by atoms with Crippen LogP contribution in [-0.4, -0.2) is 27.6 Å². The SMILES string of the molecule is O=C(CCCCCN1C(=O)/C(=C/c2cccc(Cl)c2Cl)SC1=S)Nc1ccccc1. The predicted octanol–water partition coefficient (Wildman–Crippen LogP) is 6.39. The third kappa shape index (κ3) is 6.08. The molecule has 1 aliphatic rings. The van der Waals surface area contributed by atoms with Crippen LogP contribution in [0.1, 0.15) is 31.2 Å². The van der Waals surface area contributed by atoms with Gasteiger partial charge in [-0.05, 0) is 42.7 Å². The molecule has 0 spiro atoms. The minimum atomic E-state index is -0.122. The number of carbonyl (C=O) groups excluding carboxylic acids is 2. The highest BCUT2D eigenvalue weighted by Crippen LogP contribution is 2.35. The summed E-state index contributed by atoms with van der Waals surface area (Å²) in [4.78, 5) is 26.8. The molecule has 0 unspecified atom stereocenters. The zero-order valence-electron chi connectivity index (χ0n) is 16.1. The molecule has 156 valence electrons. The van der Waals surface area contributed by atoms with Gasteiger partial charge in [0.05, 0.1) is 15.0 Å². The van der Waals surface area contributed by atoms with E-state index in [-0.39, 0.29) is 11.8 Å². The van der Waals surface area contributed by atoms with Crippen molar-refractivity contribution < 1.29 is 9.59 Å². The summed E-state index contributed by atoms with van der Waals surface area (Å²) in [6, 6.07) is 14.7. The van der Waals surface area contributed by atoms with Crippen molar-refractivity contribution in [3.8, 4) is 0 Å². The summed E-state index contributed by atoms with van der Waals surface area (Å²) < 4.78 is 0.534. The lowest BCUT2D eigenvalue weighted by Gasteiger charge is -2.14. The molecule has 2 aromatic carbocycles. The fourth-order valence-electron chi connectivity index (χ4n) is 2.94. The number of para-hydroxylation sites is 1. The molecule has 0 radical (unpaired) electrons. The number of nitrogens with one attached hydrogen (secondary N) is 1. The monoisotopic (exact) mass is 478 g/mol. The van der Waals surface area contributed by atoms with Crippen LogP contribution in [-0.2, 0) is 9.59 Å². The van der Waals surface area contributed by atoms with Gasteiger partial charge in [0.1, 0.15) is 4.32 Å². The molecule has 0 aromatic heterocycles. The molecule has 1 saturated heterocycles. The second kappa shape index (κ2) is 11.0. The number of thiocarbonyl (C=S) groups is 1. The number of carbonyl (C=O) groups is 2. The van der Waals surface area contributed by atoms with Crippen LogP contribution in [0.4, 0.5) is 5.69 Å². The Morgan fingerprint density at radius 3 is 2.60 bits per heavy atom. The van der Waals surface area contributed by atoms with Crippen LogP contribution < -0.4 is 5.32 Å². The third-order valence-corrected chi connectivity index (χ3v) is 6.70. The van der Waals surface area contributed by atoms with Crippen LogP contribution >= 0.6 is 47.2 Å². The summed E-state index contributed by atoms with van der Waals surface area (Å²) in [6.45, 7) is 0.533. The molecule has 2 amide bonds. The molecule has 3 rings (SSSR count). The molecule has 2 aromatic rings. The number of rotatable bonds is 8. The Labute approximate surface area is 195 Å². The smallest absolute Gasteiger partial charge is 0.266 e. The van der Waals surface area contributed by atoms with Gasteiger partial charge in [0.15, 0.2) is 0 Å². The first kappa shape index (κ1) is 22.8. The topological polar surface area (TPSA) is 49.4 Å². The van der Waals surface area contributed by atoms with Crippen LogP contribution in [0.25, 0.3) is 6.08 Å². The second-order valence-corrected chi connectivity index (χ2v) is 9.16. The highest BCUT2D eigenvalue weighted by molar-refractivity contribution is 8.26. The zero-order valence-corrected chi connectivity index (χ0v) is 19.2. The van der Waals surface area contributed by atoms with Gasteiger partial charge in [-0.25, -0.2) is 0 Å². The van der Waals surface area contributed by atoms with Gasteiger partial charge >= 0.3 is 0 Å². The first-order valence-corrected chi connectivity index (χ1v) is 11.5. The fraction of sp³-hybridized carbons (Fsp3) is 0.227. The minimum absolute atomic E-state index is 0.00635. The summed E-state index contributed by atoms with van der Waals surface area (Å²) in [7, 11) is 0. The molecular formula is C22H20Cl2N2O2S2. The third-order valence-electron chi connectivity index (χ3n) is 4.48. The van der Waals surface area contributed by atoms with Crippen molar-refractivity contribution in [2.24, 2.45) is 0 Å². The summed E-state index contributed by atoms with van der Waals surface area (Å²) in [5, 5.41) is 3.73. The van der Waals surface area contributed by atoms with Crippen molar-refractivity contribution in [1.82, 2.24) is 4.90 Å². The van der Waals surface area contributed by atoms with Gasteiger partial charge in [0, 0.05) is 18.7 Å². The molecule has 1 N–H and O–H groups in total. The quantitative estimate of drug-likeness (QED) is 0.271. The molecule has 0 aliphatic carbocycles. The molecule has 1 aliphatic heterocycles. The number of thioether (sulfide) groups is 1. The maximum atomic E-state index is 12.7. The van der Waals surface area contributed by atoms with E-state index in [2.05, 4.69) is 5.32 Å².